The maximum Gasteiger partial charge on any atom is 0.323 e. The molecule has 0 bridgehead atoms. The van der Waals surface area contributed by atoms with Crippen molar-refractivity contribution in [1.82, 2.24) is 4.90 Å². The number of amides is 1. The minimum Gasteiger partial charge on any atom is -0.497 e. The molecular formula is C13H17NO5. The van der Waals surface area contributed by atoms with Gasteiger partial charge in [-0.2, -0.15) is 0 Å². The summed E-state index contributed by atoms with van der Waals surface area (Å²) in [5.41, 5.74) is 0.282. The Hall–Kier alpha value is -2.24. The molecule has 0 aromatic heterocycles. The van der Waals surface area contributed by atoms with Gasteiger partial charge >= 0.3 is 5.97 Å². The van der Waals surface area contributed by atoms with Gasteiger partial charge in [0.1, 0.15) is 18.0 Å². The van der Waals surface area contributed by atoms with E-state index >= 15 is 0 Å². The van der Waals surface area contributed by atoms with Crippen LogP contribution in [0.25, 0.3) is 0 Å². The zero-order valence-electron chi connectivity index (χ0n) is 11.2. The molecule has 0 unspecified atom stereocenters. The van der Waals surface area contributed by atoms with Crippen LogP contribution in [0, 0.1) is 0 Å². The molecule has 0 radical (unpaired) electrons. The Morgan fingerprint density at radius 2 is 1.95 bits per heavy atom. The predicted molar refractivity (Wildman–Crippen MR) is 68.8 cm³/mol. The molecule has 0 aliphatic rings. The molecule has 1 amide bonds. The van der Waals surface area contributed by atoms with E-state index in [4.69, 9.17) is 14.6 Å². The first-order chi connectivity index (χ1) is 9.03. The first-order valence-corrected chi connectivity index (χ1v) is 5.76. The van der Waals surface area contributed by atoms with Crippen LogP contribution in [0.3, 0.4) is 0 Å². The van der Waals surface area contributed by atoms with Gasteiger partial charge in [-0.15, -0.1) is 0 Å². The monoisotopic (exact) mass is 267 g/mol. The number of hydrogen-bond donors (Lipinski definition) is 1. The van der Waals surface area contributed by atoms with Gasteiger partial charge in [-0.25, -0.2) is 0 Å². The molecule has 0 aliphatic heterocycles. The standard InChI is InChI=1S/C13H17NO5/c1-4-14(8-12(15)16)13(17)10-7-9(18-2)5-6-11(10)19-3/h5-7H,4,8H2,1-3H3,(H,15,16). The van der Waals surface area contributed by atoms with Crippen LogP contribution in [-0.2, 0) is 4.79 Å². The van der Waals surface area contributed by atoms with E-state index in [1.165, 1.54) is 25.2 Å². The number of rotatable bonds is 6. The molecule has 19 heavy (non-hydrogen) atoms. The number of methoxy groups -OCH3 is 2. The highest BCUT2D eigenvalue weighted by Crippen LogP contribution is 2.25. The van der Waals surface area contributed by atoms with Crippen LogP contribution >= 0.6 is 0 Å². The molecule has 1 rings (SSSR count). The largest absolute Gasteiger partial charge is 0.497 e. The summed E-state index contributed by atoms with van der Waals surface area (Å²) in [6.07, 6.45) is 0. The van der Waals surface area contributed by atoms with E-state index < -0.39 is 11.9 Å². The quantitative estimate of drug-likeness (QED) is 0.839. The second-order valence-electron chi connectivity index (χ2n) is 3.78. The Kier molecular flexibility index (Phi) is 5.17. The van der Waals surface area contributed by atoms with E-state index in [0.29, 0.717) is 18.0 Å². The lowest BCUT2D eigenvalue weighted by molar-refractivity contribution is -0.137. The van der Waals surface area contributed by atoms with Crippen LogP contribution < -0.4 is 9.47 Å². The zero-order valence-corrected chi connectivity index (χ0v) is 11.2. The topological polar surface area (TPSA) is 76.1 Å². The molecule has 0 saturated carbocycles. The first-order valence-electron chi connectivity index (χ1n) is 5.76. The molecule has 1 N–H and O–H groups in total. The zero-order chi connectivity index (χ0) is 14.4. The SMILES string of the molecule is CCN(CC(=O)O)C(=O)c1cc(OC)ccc1OC. The third-order valence-electron chi connectivity index (χ3n) is 2.63. The maximum atomic E-state index is 12.3. The Morgan fingerprint density at radius 3 is 2.42 bits per heavy atom. The van der Waals surface area contributed by atoms with Crippen LogP contribution in [0.1, 0.15) is 17.3 Å². The summed E-state index contributed by atoms with van der Waals surface area (Å²) >= 11 is 0. The van der Waals surface area contributed by atoms with Gasteiger partial charge in [0.25, 0.3) is 5.91 Å². The summed E-state index contributed by atoms with van der Waals surface area (Å²) in [5.74, 6) is -0.567. The van der Waals surface area contributed by atoms with Gasteiger partial charge in [0.05, 0.1) is 19.8 Å². The summed E-state index contributed by atoms with van der Waals surface area (Å²) in [6, 6.07) is 4.81. The summed E-state index contributed by atoms with van der Waals surface area (Å²) in [6.45, 7) is 1.66. The molecule has 1 aromatic rings. The fraction of sp³-hybridized carbons (Fsp3) is 0.385. The molecule has 0 saturated heterocycles. The molecule has 6 nitrogen and oxygen atoms in total. The lowest BCUT2D eigenvalue weighted by Crippen LogP contribution is -2.35. The van der Waals surface area contributed by atoms with Crippen LogP contribution in [-0.4, -0.2) is 49.2 Å². The Balaban J connectivity index is 3.11. The maximum absolute atomic E-state index is 12.3. The van der Waals surface area contributed by atoms with E-state index in [2.05, 4.69) is 0 Å². The average molecular weight is 267 g/mol. The smallest absolute Gasteiger partial charge is 0.323 e. The summed E-state index contributed by atoms with van der Waals surface area (Å²) in [4.78, 5) is 24.2. The Morgan fingerprint density at radius 1 is 1.26 bits per heavy atom. The molecule has 0 fully saturated rings. The first kappa shape index (κ1) is 14.8. The van der Waals surface area contributed by atoms with E-state index in [0.717, 1.165) is 0 Å². The summed E-state index contributed by atoms with van der Waals surface area (Å²) in [7, 11) is 2.94. The normalized spacial score (nSPS) is 9.84. The third-order valence-corrected chi connectivity index (χ3v) is 2.63. The van der Waals surface area contributed by atoms with Crippen molar-refractivity contribution in [2.24, 2.45) is 0 Å². The van der Waals surface area contributed by atoms with Crippen molar-refractivity contribution in [3.05, 3.63) is 23.8 Å². The summed E-state index contributed by atoms with van der Waals surface area (Å²) < 4.78 is 10.2. The van der Waals surface area contributed by atoms with E-state index in [9.17, 15) is 9.59 Å². The molecule has 0 aliphatic carbocycles. The van der Waals surface area contributed by atoms with Crippen LogP contribution in [0.4, 0.5) is 0 Å². The fourth-order valence-electron chi connectivity index (χ4n) is 1.64. The van der Waals surface area contributed by atoms with Crippen molar-refractivity contribution >= 4 is 11.9 Å². The van der Waals surface area contributed by atoms with Gasteiger partial charge in [-0.1, -0.05) is 0 Å². The third kappa shape index (κ3) is 3.61. The van der Waals surface area contributed by atoms with Gasteiger partial charge in [0, 0.05) is 6.54 Å². The van der Waals surface area contributed by atoms with Crippen molar-refractivity contribution in [2.75, 3.05) is 27.3 Å². The van der Waals surface area contributed by atoms with Crippen molar-refractivity contribution < 1.29 is 24.2 Å². The Labute approximate surface area is 111 Å². The van der Waals surface area contributed by atoms with Gasteiger partial charge < -0.3 is 19.5 Å². The van der Waals surface area contributed by atoms with Crippen LogP contribution in [0.5, 0.6) is 11.5 Å². The molecule has 0 spiro atoms. The summed E-state index contributed by atoms with van der Waals surface area (Å²) in [5, 5.41) is 8.79. The highest BCUT2D eigenvalue weighted by Gasteiger charge is 2.21. The number of carbonyl (C=O) groups excluding carboxylic acids is 1. The van der Waals surface area contributed by atoms with E-state index in [1.54, 1.807) is 19.1 Å². The predicted octanol–water partition coefficient (Wildman–Crippen LogP) is 1.25. The van der Waals surface area contributed by atoms with Crippen LogP contribution in [0.2, 0.25) is 0 Å². The van der Waals surface area contributed by atoms with E-state index in [1.807, 2.05) is 0 Å². The lowest BCUT2D eigenvalue weighted by atomic mass is 10.1. The van der Waals surface area contributed by atoms with Crippen molar-refractivity contribution in [2.45, 2.75) is 6.92 Å². The Bertz CT molecular complexity index is 472. The number of hydrogen-bond acceptors (Lipinski definition) is 4. The fourth-order valence-corrected chi connectivity index (χ4v) is 1.64. The highest BCUT2D eigenvalue weighted by molar-refractivity contribution is 5.98. The lowest BCUT2D eigenvalue weighted by Gasteiger charge is -2.20. The molecule has 6 heteroatoms. The molecular weight excluding hydrogens is 250 g/mol. The van der Waals surface area contributed by atoms with Crippen molar-refractivity contribution in [1.29, 1.82) is 0 Å². The number of aliphatic carboxylic acids is 1. The molecule has 0 atom stereocenters. The second kappa shape index (κ2) is 6.63. The van der Waals surface area contributed by atoms with Crippen LogP contribution in [0.15, 0.2) is 18.2 Å². The molecule has 0 heterocycles. The molecule has 1 aromatic carbocycles. The van der Waals surface area contributed by atoms with Crippen molar-refractivity contribution in [3.63, 3.8) is 0 Å². The molecule has 104 valence electrons. The highest BCUT2D eigenvalue weighted by atomic mass is 16.5. The number of carboxylic acids is 1. The minimum absolute atomic E-state index is 0.282. The van der Waals surface area contributed by atoms with Crippen molar-refractivity contribution in [3.8, 4) is 11.5 Å². The van der Waals surface area contributed by atoms with Gasteiger partial charge in [-0.3, -0.25) is 9.59 Å². The number of likely N-dealkylation sites (N-methyl/N-ethyl adjacent to an activating group) is 1. The van der Waals surface area contributed by atoms with Gasteiger partial charge in [-0.05, 0) is 25.1 Å². The number of carboxylic acid groups (broad SMARTS) is 1. The number of nitrogens with zero attached hydrogens (tertiary/aromatic N) is 1. The second-order valence-corrected chi connectivity index (χ2v) is 3.78. The minimum atomic E-state index is -1.06. The number of carbonyl (C=O) groups is 2. The van der Waals surface area contributed by atoms with E-state index in [-0.39, 0.29) is 12.1 Å². The number of benzene rings is 1. The van der Waals surface area contributed by atoms with Gasteiger partial charge in [0.2, 0.25) is 0 Å². The van der Waals surface area contributed by atoms with Gasteiger partial charge in [0.15, 0.2) is 0 Å². The number of ether oxygens (including phenoxy) is 2. The average Bonchev–Trinajstić information content (AvgIpc) is 2.42.